The summed E-state index contributed by atoms with van der Waals surface area (Å²) in [6, 6.07) is 7.13. The van der Waals surface area contributed by atoms with Crippen molar-refractivity contribution in [2.24, 2.45) is 0 Å². The van der Waals surface area contributed by atoms with Crippen molar-refractivity contribution in [2.45, 2.75) is 12.1 Å². The molecule has 11 nitrogen and oxygen atoms in total. The lowest BCUT2D eigenvalue weighted by Crippen LogP contribution is -2.17. The minimum absolute atomic E-state index is 0.0664. The lowest BCUT2D eigenvalue weighted by molar-refractivity contribution is -0.113. The third-order valence-electron chi connectivity index (χ3n) is 4.51. The molecule has 3 rings (SSSR count). The predicted molar refractivity (Wildman–Crippen MR) is 123 cm³/mol. The van der Waals surface area contributed by atoms with Crippen LogP contribution in [0.15, 0.2) is 29.4 Å². The van der Waals surface area contributed by atoms with Crippen molar-refractivity contribution in [2.75, 3.05) is 38.2 Å². The fourth-order valence-electron chi connectivity index (χ4n) is 2.84. The van der Waals surface area contributed by atoms with E-state index >= 15 is 0 Å². The highest BCUT2D eigenvalue weighted by molar-refractivity contribution is 7.99. The van der Waals surface area contributed by atoms with Gasteiger partial charge >= 0.3 is 11.9 Å². The second-order valence-electron chi connectivity index (χ2n) is 6.49. The molecule has 0 bridgehead atoms. The molecule has 3 N–H and O–H groups in total. The highest BCUT2D eigenvalue weighted by Crippen LogP contribution is 2.34. The average molecular weight is 492 g/mol. The molecule has 0 spiro atoms. The summed E-state index contributed by atoms with van der Waals surface area (Å²) in [5.74, 6) is 5.43. The van der Waals surface area contributed by atoms with E-state index in [-0.39, 0.29) is 21.2 Å². The number of carbonyl (C=O) groups excluding carboxylic acids is 3. The molecule has 13 heteroatoms. The highest BCUT2D eigenvalue weighted by Gasteiger charge is 2.27. The number of benzene rings is 1. The van der Waals surface area contributed by atoms with Gasteiger partial charge in [-0.3, -0.25) is 4.79 Å². The maximum absolute atomic E-state index is 12.6. The zero-order valence-electron chi connectivity index (χ0n) is 18.2. The number of hydrogen-bond acceptors (Lipinski definition) is 11. The molecule has 0 atom stereocenters. The lowest BCUT2D eigenvalue weighted by Gasteiger charge is -2.06. The number of hydrogen-bond donors (Lipinski definition) is 2. The van der Waals surface area contributed by atoms with E-state index in [1.54, 1.807) is 38.3 Å². The number of anilines is 1. The number of thiophene rings is 1. The quantitative estimate of drug-likeness (QED) is 0.273. The van der Waals surface area contributed by atoms with Crippen molar-refractivity contribution in [3.8, 4) is 17.1 Å². The Labute approximate surface area is 197 Å². The number of rotatable bonds is 8. The molecule has 0 aliphatic heterocycles. The summed E-state index contributed by atoms with van der Waals surface area (Å²) in [5.41, 5.74) is 1.20. The van der Waals surface area contributed by atoms with Gasteiger partial charge in [0.1, 0.15) is 15.6 Å². The van der Waals surface area contributed by atoms with Gasteiger partial charge in [-0.2, -0.15) is 0 Å². The first kappa shape index (κ1) is 24.1. The fourth-order valence-corrected chi connectivity index (χ4v) is 4.63. The molecule has 0 unspecified atom stereocenters. The molecular formula is C20H21N5O6S2. The smallest absolute Gasteiger partial charge is 0.348 e. The van der Waals surface area contributed by atoms with Crippen molar-refractivity contribution >= 4 is 45.9 Å². The SMILES string of the molecule is COC(=O)c1sc(NC(=O)CSc2nnc(-c3ccc(OC)cc3)n2N)c(C(=O)OC)c1C. The lowest BCUT2D eigenvalue weighted by atomic mass is 10.1. The first-order valence-corrected chi connectivity index (χ1v) is 11.2. The Hall–Kier alpha value is -3.58. The van der Waals surface area contributed by atoms with Crippen LogP contribution in [0, 0.1) is 6.92 Å². The van der Waals surface area contributed by atoms with E-state index in [0.29, 0.717) is 22.3 Å². The zero-order valence-corrected chi connectivity index (χ0v) is 19.8. The van der Waals surface area contributed by atoms with Crippen molar-refractivity contribution < 1.29 is 28.6 Å². The van der Waals surface area contributed by atoms with Crippen LogP contribution < -0.4 is 15.9 Å². The van der Waals surface area contributed by atoms with E-state index in [1.165, 1.54) is 18.9 Å². The Bertz CT molecular complexity index is 1190. The summed E-state index contributed by atoms with van der Waals surface area (Å²) in [4.78, 5) is 36.9. The summed E-state index contributed by atoms with van der Waals surface area (Å²) in [6.45, 7) is 1.58. The molecule has 0 fully saturated rings. The molecule has 0 radical (unpaired) electrons. The number of nitrogen functional groups attached to an aromatic ring is 1. The second kappa shape index (κ2) is 10.4. The summed E-state index contributed by atoms with van der Waals surface area (Å²) < 4.78 is 15.9. The van der Waals surface area contributed by atoms with Crippen LogP contribution in [0.5, 0.6) is 5.75 Å². The van der Waals surface area contributed by atoms with Crippen LogP contribution in [0.2, 0.25) is 0 Å². The summed E-state index contributed by atoms with van der Waals surface area (Å²) in [7, 11) is 4.02. The van der Waals surface area contributed by atoms with E-state index in [1.807, 2.05) is 0 Å². The third-order valence-corrected chi connectivity index (χ3v) is 6.64. The van der Waals surface area contributed by atoms with Crippen molar-refractivity contribution in [3.05, 3.63) is 40.3 Å². The monoisotopic (exact) mass is 491 g/mol. The minimum Gasteiger partial charge on any atom is -0.497 e. The molecule has 3 aromatic rings. The Balaban J connectivity index is 1.73. The first-order valence-electron chi connectivity index (χ1n) is 9.38. The molecule has 0 saturated heterocycles. The number of nitrogens with two attached hydrogens (primary N) is 1. The third kappa shape index (κ3) is 5.09. The average Bonchev–Trinajstić information content (AvgIpc) is 3.35. The van der Waals surface area contributed by atoms with E-state index < -0.39 is 17.8 Å². The van der Waals surface area contributed by atoms with Gasteiger partial charge in [-0.05, 0) is 36.8 Å². The van der Waals surface area contributed by atoms with E-state index in [0.717, 1.165) is 28.7 Å². The van der Waals surface area contributed by atoms with E-state index in [2.05, 4.69) is 15.5 Å². The van der Waals surface area contributed by atoms with Gasteiger partial charge in [-0.15, -0.1) is 21.5 Å². The Morgan fingerprint density at radius 1 is 1.09 bits per heavy atom. The van der Waals surface area contributed by atoms with Crippen LogP contribution >= 0.6 is 23.1 Å². The van der Waals surface area contributed by atoms with Crippen LogP contribution in [0.3, 0.4) is 0 Å². The Morgan fingerprint density at radius 3 is 2.36 bits per heavy atom. The Kier molecular flexibility index (Phi) is 7.55. The topological polar surface area (TPSA) is 148 Å². The van der Waals surface area contributed by atoms with Crippen molar-refractivity contribution in [1.82, 2.24) is 14.9 Å². The number of thioether (sulfide) groups is 1. The van der Waals surface area contributed by atoms with Gasteiger partial charge < -0.3 is 25.4 Å². The van der Waals surface area contributed by atoms with E-state index in [4.69, 9.17) is 20.1 Å². The zero-order chi connectivity index (χ0) is 24.1. The normalized spacial score (nSPS) is 10.5. The first-order chi connectivity index (χ1) is 15.8. The van der Waals surface area contributed by atoms with Gasteiger partial charge in [-0.25, -0.2) is 14.3 Å². The number of carbonyl (C=O) groups is 3. The number of methoxy groups -OCH3 is 3. The van der Waals surface area contributed by atoms with Gasteiger partial charge in [0.2, 0.25) is 11.1 Å². The molecule has 174 valence electrons. The summed E-state index contributed by atoms with van der Waals surface area (Å²) >= 11 is 2.00. The maximum Gasteiger partial charge on any atom is 0.348 e. The number of nitrogens with one attached hydrogen (secondary N) is 1. The molecule has 1 aromatic carbocycles. The number of ether oxygens (including phenoxy) is 3. The summed E-state index contributed by atoms with van der Waals surface area (Å²) in [6.07, 6.45) is 0. The maximum atomic E-state index is 12.6. The van der Waals surface area contributed by atoms with Crippen LogP contribution in [-0.4, -0.2) is 59.8 Å². The molecule has 1 amide bonds. The molecule has 0 aliphatic rings. The molecule has 0 aliphatic carbocycles. The van der Waals surface area contributed by atoms with Crippen molar-refractivity contribution in [1.29, 1.82) is 0 Å². The molecule has 2 aromatic heterocycles. The predicted octanol–water partition coefficient (Wildman–Crippen LogP) is 2.34. The van der Waals surface area contributed by atoms with Crippen LogP contribution in [0.4, 0.5) is 5.00 Å². The molecule has 0 saturated carbocycles. The highest BCUT2D eigenvalue weighted by atomic mass is 32.2. The Morgan fingerprint density at radius 2 is 1.76 bits per heavy atom. The van der Waals surface area contributed by atoms with Gasteiger partial charge in [0.25, 0.3) is 0 Å². The molecular weight excluding hydrogens is 470 g/mol. The number of amides is 1. The summed E-state index contributed by atoms with van der Waals surface area (Å²) in [5, 5.41) is 11.3. The van der Waals surface area contributed by atoms with Gasteiger partial charge in [0.15, 0.2) is 5.82 Å². The second-order valence-corrected chi connectivity index (χ2v) is 8.45. The van der Waals surface area contributed by atoms with Crippen molar-refractivity contribution in [3.63, 3.8) is 0 Å². The number of nitrogens with zero attached hydrogens (tertiary/aromatic N) is 3. The molecule has 33 heavy (non-hydrogen) atoms. The van der Waals surface area contributed by atoms with E-state index in [9.17, 15) is 14.4 Å². The largest absolute Gasteiger partial charge is 0.497 e. The van der Waals surface area contributed by atoms with Crippen LogP contribution in [-0.2, 0) is 14.3 Å². The van der Waals surface area contributed by atoms with Crippen LogP contribution in [0.1, 0.15) is 25.6 Å². The molecule has 2 heterocycles. The minimum atomic E-state index is -0.673. The standard InChI is InChI=1S/C20H21N5O6S2/c1-10-14(18(27)30-3)17(33-15(10)19(28)31-4)22-13(26)9-32-20-24-23-16(25(20)21)11-5-7-12(29-2)8-6-11/h5-8H,9,21H2,1-4H3,(H,22,26). The van der Waals surface area contributed by atoms with Gasteiger partial charge in [-0.1, -0.05) is 11.8 Å². The van der Waals surface area contributed by atoms with Gasteiger partial charge in [0.05, 0.1) is 32.6 Å². The fraction of sp³-hybridized carbons (Fsp3) is 0.250. The number of aromatic nitrogens is 3. The number of esters is 2. The van der Waals surface area contributed by atoms with Crippen LogP contribution in [0.25, 0.3) is 11.4 Å². The van der Waals surface area contributed by atoms with Gasteiger partial charge in [0, 0.05) is 5.56 Å².